The zero-order chi connectivity index (χ0) is 18.2. The summed E-state index contributed by atoms with van der Waals surface area (Å²) in [6, 6.07) is -0.345. The number of carbonyl (C=O) groups excluding carboxylic acids is 1. The molecule has 1 aromatic carbocycles. The Morgan fingerprint density at radius 3 is 1.83 bits per heavy atom. The predicted octanol–water partition coefficient (Wildman–Crippen LogP) is 2.08. The van der Waals surface area contributed by atoms with Crippen LogP contribution in [0.2, 0.25) is 0 Å². The number of carbonyl (C=O) groups is 1. The van der Waals surface area contributed by atoms with Crippen molar-refractivity contribution < 1.29 is 43.9 Å². The van der Waals surface area contributed by atoms with E-state index in [9.17, 15) is 43.9 Å². The van der Waals surface area contributed by atoms with Gasteiger partial charge in [-0.25, -0.2) is 26.0 Å². The summed E-state index contributed by atoms with van der Waals surface area (Å²) in [6.45, 7) is 0. The van der Waals surface area contributed by atoms with Crippen LogP contribution in [-0.2, 0) is 19.6 Å². The molecule has 0 aliphatic rings. The molecule has 0 fully saturated rings. The van der Waals surface area contributed by atoms with E-state index in [-0.39, 0.29) is 12.1 Å². The number of amides is 1. The summed E-state index contributed by atoms with van der Waals surface area (Å²) in [5.74, 6) is -10.4. The maximum Gasteiger partial charge on any atom is 0.390 e. The van der Waals surface area contributed by atoms with Gasteiger partial charge in [0.05, 0.1) is 12.2 Å². The van der Waals surface area contributed by atoms with Crippen LogP contribution in [0.15, 0.2) is 12.1 Å². The van der Waals surface area contributed by atoms with E-state index in [1.807, 2.05) is 0 Å². The first-order chi connectivity index (χ1) is 10.2. The van der Waals surface area contributed by atoms with Gasteiger partial charge in [0, 0.05) is 5.56 Å². The molecule has 1 unspecified atom stereocenters. The van der Waals surface area contributed by atoms with Crippen molar-refractivity contribution in [1.29, 1.82) is 0 Å². The first kappa shape index (κ1) is 19.2. The molecule has 0 heterocycles. The number of hydrogen-bond donors (Lipinski definition) is 1. The maximum atomic E-state index is 14.6. The summed E-state index contributed by atoms with van der Waals surface area (Å²) in [5, 5.41) is -4.35. The van der Waals surface area contributed by atoms with E-state index in [0.29, 0.717) is 0 Å². The van der Waals surface area contributed by atoms with Gasteiger partial charge in [-0.3, -0.25) is 4.79 Å². The Morgan fingerprint density at radius 2 is 1.48 bits per heavy atom. The van der Waals surface area contributed by atoms with Crippen LogP contribution in [-0.4, -0.2) is 26.3 Å². The summed E-state index contributed by atoms with van der Waals surface area (Å²) < 4.78 is 113. The molecule has 0 aromatic heterocycles. The summed E-state index contributed by atoms with van der Waals surface area (Å²) in [6.07, 6.45) is -7.04. The van der Waals surface area contributed by atoms with E-state index < -0.39 is 62.1 Å². The standard InChI is InChI=1S/C11H8F7NO3S/c12-6-3-5(4-7(13)8(6)14)11(18,9(19)20)23(21,22)2-1-10(15,16)17/h3-4H,1-2H2,(H2,19,20). The molecule has 0 radical (unpaired) electrons. The lowest BCUT2D eigenvalue weighted by Gasteiger charge is -2.23. The fourth-order valence-corrected chi connectivity index (χ4v) is 3.17. The Morgan fingerprint density at radius 1 is 1.04 bits per heavy atom. The molecule has 0 spiro atoms. The van der Waals surface area contributed by atoms with Crippen LogP contribution in [0.5, 0.6) is 0 Å². The minimum absolute atomic E-state index is 0.172. The van der Waals surface area contributed by atoms with E-state index in [4.69, 9.17) is 0 Å². The summed E-state index contributed by atoms with van der Waals surface area (Å²) in [7, 11) is -5.57. The summed E-state index contributed by atoms with van der Waals surface area (Å²) in [4.78, 5) is 11.1. The van der Waals surface area contributed by atoms with Gasteiger partial charge in [-0.15, -0.1) is 0 Å². The SMILES string of the molecule is NC(=O)C(F)(c1cc(F)c(F)c(F)c1)S(=O)(=O)CCC(F)(F)F. The number of hydrogen-bond acceptors (Lipinski definition) is 3. The molecular weight excluding hydrogens is 359 g/mol. The molecule has 0 saturated heterocycles. The van der Waals surface area contributed by atoms with Crippen molar-refractivity contribution in [2.75, 3.05) is 5.75 Å². The second-order valence-electron chi connectivity index (χ2n) is 4.40. The molecule has 0 aliphatic heterocycles. The number of nitrogens with two attached hydrogens (primary N) is 1. The topological polar surface area (TPSA) is 77.2 Å². The van der Waals surface area contributed by atoms with E-state index in [2.05, 4.69) is 5.73 Å². The average molecular weight is 367 g/mol. The molecule has 1 amide bonds. The van der Waals surface area contributed by atoms with E-state index in [1.165, 1.54) is 0 Å². The maximum absolute atomic E-state index is 14.6. The molecule has 2 N–H and O–H groups in total. The Labute approximate surface area is 125 Å². The molecule has 1 aromatic rings. The lowest BCUT2D eigenvalue weighted by molar-refractivity contribution is -0.131. The second-order valence-corrected chi connectivity index (χ2v) is 6.60. The minimum atomic E-state index is -5.57. The molecule has 0 saturated carbocycles. The van der Waals surface area contributed by atoms with Crippen LogP contribution in [0, 0.1) is 17.5 Å². The van der Waals surface area contributed by atoms with Gasteiger partial charge in [0.2, 0.25) is 0 Å². The third-order valence-corrected chi connectivity index (χ3v) is 4.79. The monoisotopic (exact) mass is 367 g/mol. The largest absolute Gasteiger partial charge is 0.390 e. The molecular formula is C11H8F7NO3S. The molecule has 130 valence electrons. The van der Waals surface area contributed by atoms with Crippen LogP contribution in [0.3, 0.4) is 0 Å². The Balaban J connectivity index is 3.47. The summed E-state index contributed by atoms with van der Waals surface area (Å²) >= 11 is 0. The van der Waals surface area contributed by atoms with Gasteiger partial charge in [0.25, 0.3) is 5.91 Å². The highest BCUT2D eigenvalue weighted by atomic mass is 32.2. The van der Waals surface area contributed by atoms with E-state index >= 15 is 0 Å². The third kappa shape index (κ3) is 3.74. The number of rotatable bonds is 5. The molecule has 12 heteroatoms. The van der Waals surface area contributed by atoms with Crippen LogP contribution in [0.25, 0.3) is 0 Å². The minimum Gasteiger partial charge on any atom is -0.366 e. The lowest BCUT2D eigenvalue weighted by Crippen LogP contribution is -2.46. The van der Waals surface area contributed by atoms with Gasteiger partial charge >= 0.3 is 11.2 Å². The Bertz CT molecular complexity index is 709. The zero-order valence-electron chi connectivity index (χ0n) is 10.9. The molecule has 0 aliphatic carbocycles. The fourth-order valence-electron chi connectivity index (χ4n) is 1.61. The van der Waals surface area contributed by atoms with Gasteiger partial charge in [-0.2, -0.15) is 13.2 Å². The molecule has 1 atom stereocenters. The van der Waals surface area contributed by atoms with Crippen molar-refractivity contribution >= 4 is 15.7 Å². The highest BCUT2D eigenvalue weighted by molar-refractivity contribution is 7.92. The number of primary amides is 1. The molecule has 0 bridgehead atoms. The van der Waals surface area contributed by atoms with E-state index in [0.717, 1.165) is 0 Å². The van der Waals surface area contributed by atoms with Crippen molar-refractivity contribution in [2.45, 2.75) is 17.6 Å². The van der Waals surface area contributed by atoms with Crippen molar-refractivity contribution in [3.05, 3.63) is 35.1 Å². The summed E-state index contributed by atoms with van der Waals surface area (Å²) in [5.41, 5.74) is 2.99. The van der Waals surface area contributed by atoms with E-state index in [1.54, 1.807) is 0 Å². The van der Waals surface area contributed by atoms with Crippen LogP contribution in [0.4, 0.5) is 30.7 Å². The quantitative estimate of drug-likeness (QED) is 0.640. The van der Waals surface area contributed by atoms with Crippen LogP contribution in [0.1, 0.15) is 12.0 Å². The first-order valence-corrected chi connectivity index (χ1v) is 7.30. The normalized spacial score (nSPS) is 15.3. The molecule has 23 heavy (non-hydrogen) atoms. The van der Waals surface area contributed by atoms with Gasteiger partial charge < -0.3 is 5.73 Å². The first-order valence-electron chi connectivity index (χ1n) is 5.65. The highest BCUT2D eigenvalue weighted by Gasteiger charge is 2.53. The number of sulfone groups is 1. The zero-order valence-corrected chi connectivity index (χ0v) is 11.7. The Hall–Kier alpha value is -1.85. The third-order valence-electron chi connectivity index (χ3n) is 2.75. The number of benzene rings is 1. The van der Waals surface area contributed by atoms with Gasteiger partial charge in [0.15, 0.2) is 27.3 Å². The second kappa shape index (κ2) is 5.98. The lowest BCUT2D eigenvalue weighted by atomic mass is 10.1. The van der Waals surface area contributed by atoms with Crippen LogP contribution >= 0.6 is 0 Å². The molecule has 4 nitrogen and oxygen atoms in total. The van der Waals surface area contributed by atoms with Crippen molar-refractivity contribution in [2.24, 2.45) is 5.73 Å². The van der Waals surface area contributed by atoms with Crippen LogP contribution < -0.4 is 5.73 Å². The van der Waals surface area contributed by atoms with Gasteiger partial charge in [-0.1, -0.05) is 0 Å². The number of alkyl halides is 4. The highest BCUT2D eigenvalue weighted by Crippen LogP contribution is 2.36. The fraction of sp³-hybridized carbons (Fsp3) is 0.364. The van der Waals surface area contributed by atoms with Gasteiger partial charge in [0.1, 0.15) is 0 Å². The molecule has 1 rings (SSSR count). The van der Waals surface area contributed by atoms with Crippen molar-refractivity contribution in [3.8, 4) is 0 Å². The van der Waals surface area contributed by atoms with Crippen molar-refractivity contribution in [3.63, 3.8) is 0 Å². The Kier molecular flexibility index (Phi) is 4.99. The number of halogens is 7. The predicted molar refractivity (Wildman–Crippen MR) is 62.8 cm³/mol. The van der Waals surface area contributed by atoms with Gasteiger partial charge in [-0.05, 0) is 12.1 Å². The average Bonchev–Trinajstić information content (AvgIpc) is 2.40. The smallest absolute Gasteiger partial charge is 0.366 e. The van der Waals surface area contributed by atoms with Crippen molar-refractivity contribution in [1.82, 2.24) is 0 Å².